The number of benzene rings is 1. The molecule has 0 spiro atoms. The summed E-state index contributed by atoms with van der Waals surface area (Å²) >= 11 is 1.64. The first-order chi connectivity index (χ1) is 11.7. The van der Waals surface area contributed by atoms with Gasteiger partial charge in [0.2, 0.25) is 6.10 Å². The molecule has 0 radical (unpaired) electrons. The Morgan fingerprint density at radius 3 is 3.00 bits per heavy atom. The number of cyclic esters (lactones) is 1. The van der Waals surface area contributed by atoms with E-state index in [2.05, 4.69) is 16.0 Å². The summed E-state index contributed by atoms with van der Waals surface area (Å²) in [4.78, 5) is 30.6. The van der Waals surface area contributed by atoms with Gasteiger partial charge in [-0.3, -0.25) is 4.79 Å². The molecule has 7 heteroatoms. The number of esters is 2. The average Bonchev–Trinajstić information content (AvgIpc) is 3.21. The number of hydrogen-bond donors (Lipinski definition) is 0. The number of anilines is 1. The molecule has 2 atom stereocenters. The van der Waals surface area contributed by atoms with Gasteiger partial charge in [-0.15, -0.1) is 0 Å². The maximum atomic E-state index is 12.4. The first kappa shape index (κ1) is 15.4. The summed E-state index contributed by atoms with van der Waals surface area (Å²) in [6.07, 6.45) is 1.42. The SMILES string of the molecule is O=C(O[C@H]1CCOC1=O)[C@H]1CCCN(c2nc3ccccc3s2)C1. The number of ether oxygens (including phenoxy) is 2. The van der Waals surface area contributed by atoms with Gasteiger partial charge in [0.05, 0.1) is 22.7 Å². The molecule has 3 heterocycles. The van der Waals surface area contributed by atoms with E-state index in [1.165, 1.54) is 0 Å². The molecule has 1 aromatic heterocycles. The molecule has 0 aliphatic carbocycles. The summed E-state index contributed by atoms with van der Waals surface area (Å²) in [6, 6.07) is 8.03. The van der Waals surface area contributed by atoms with E-state index in [1.807, 2.05) is 18.2 Å². The number of carbonyl (C=O) groups is 2. The number of carbonyl (C=O) groups excluding carboxylic acids is 2. The van der Waals surface area contributed by atoms with E-state index in [0.717, 1.165) is 34.7 Å². The van der Waals surface area contributed by atoms with Crippen LogP contribution < -0.4 is 4.90 Å². The highest BCUT2D eigenvalue weighted by Crippen LogP contribution is 2.32. The third kappa shape index (κ3) is 2.96. The summed E-state index contributed by atoms with van der Waals surface area (Å²) in [6.45, 7) is 1.80. The summed E-state index contributed by atoms with van der Waals surface area (Å²) in [5.74, 6) is -0.953. The molecular weight excluding hydrogens is 328 g/mol. The lowest BCUT2D eigenvalue weighted by Crippen LogP contribution is -2.40. The van der Waals surface area contributed by atoms with E-state index in [4.69, 9.17) is 9.47 Å². The molecule has 2 aromatic rings. The van der Waals surface area contributed by atoms with Crippen molar-refractivity contribution in [2.45, 2.75) is 25.4 Å². The van der Waals surface area contributed by atoms with Gasteiger partial charge in [0.25, 0.3) is 0 Å². The smallest absolute Gasteiger partial charge is 0.347 e. The zero-order chi connectivity index (χ0) is 16.5. The molecule has 4 rings (SSSR count). The van der Waals surface area contributed by atoms with Crippen LogP contribution in [0.1, 0.15) is 19.3 Å². The van der Waals surface area contributed by atoms with Crippen molar-refractivity contribution in [3.8, 4) is 0 Å². The van der Waals surface area contributed by atoms with Gasteiger partial charge in [-0.25, -0.2) is 9.78 Å². The first-order valence-corrected chi connectivity index (χ1v) is 9.00. The number of nitrogens with zero attached hydrogens (tertiary/aromatic N) is 2. The van der Waals surface area contributed by atoms with Crippen molar-refractivity contribution in [3.63, 3.8) is 0 Å². The maximum Gasteiger partial charge on any atom is 0.347 e. The Hall–Kier alpha value is -2.15. The normalized spacial score (nSPS) is 24.2. The van der Waals surface area contributed by atoms with Crippen molar-refractivity contribution < 1.29 is 19.1 Å². The highest BCUT2D eigenvalue weighted by Gasteiger charge is 2.34. The quantitative estimate of drug-likeness (QED) is 0.795. The predicted molar refractivity (Wildman–Crippen MR) is 90.0 cm³/mol. The molecule has 0 amide bonds. The fourth-order valence-electron chi connectivity index (χ4n) is 3.16. The van der Waals surface area contributed by atoms with Crippen molar-refractivity contribution in [3.05, 3.63) is 24.3 Å². The van der Waals surface area contributed by atoms with Crippen LogP contribution in [0.2, 0.25) is 0 Å². The number of para-hydroxylation sites is 1. The topological polar surface area (TPSA) is 68.7 Å². The molecule has 1 aromatic carbocycles. The Bertz CT molecular complexity index is 742. The molecule has 6 nitrogen and oxygen atoms in total. The number of rotatable bonds is 3. The molecule has 2 saturated heterocycles. The van der Waals surface area contributed by atoms with Crippen molar-refractivity contribution in [1.82, 2.24) is 4.98 Å². The summed E-state index contributed by atoms with van der Waals surface area (Å²) in [7, 11) is 0. The molecule has 2 fully saturated rings. The average molecular weight is 346 g/mol. The van der Waals surface area contributed by atoms with Crippen LogP contribution in [-0.2, 0) is 19.1 Å². The summed E-state index contributed by atoms with van der Waals surface area (Å²) < 4.78 is 11.3. The van der Waals surface area contributed by atoms with E-state index in [1.54, 1.807) is 11.3 Å². The minimum Gasteiger partial charge on any atom is -0.463 e. The van der Waals surface area contributed by atoms with Crippen LogP contribution in [0.4, 0.5) is 5.13 Å². The number of fused-ring (bicyclic) bond motifs is 1. The lowest BCUT2D eigenvalue weighted by Gasteiger charge is -2.31. The Kier molecular flexibility index (Phi) is 4.10. The van der Waals surface area contributed by atoms with Crippen LogP contribution in [0.15, 0.2) is 24.3 Å². The van der Waals surface area contributed by atoms with Crippen molar-refractivity contribution in [1.29, 1.82) is 0 Å². The number of piperidine rings is 1. The molecule has 2 aliphatic heterocycles. The third-order valence-electron chi connectivity index (χ3n) is 4.45. The number of thiazole rings is 1. The molecule has 126 valence electrons. The lowest BCUT2D eigenvalue weighted by atomic mass is 9.98. The molecule has 0 bridgehead atoms. The van der Waals surface area contributed by atoms with Gasteiger partial charge in [0.15, 0.2) is 5.13 Å². The summed E-state index contributed by atoms with van der Waals surface area (Å²) in [5, 5.41) is 0.939. The Morgan fingerprint density at radius 2 is 2.21 bits per heavy atom. The first-order valence-electron chi connectivity index (χ1n) is 8.18. The zero-order valence-corrected chi connectivity index (χ0v) is 14.0. The van der Waals surface area contributed by atoms with Crippen LogP contribution in [0.5, 0.6) is 0 Å². The second kappa shape index (κ2) is 6.39. The van der Waals surface area contributed by atoms with Gasteiger partial charge in [0, 0.05) is 19.5 Å². The van der Waals surface area contributed by atoms with Crippen molar-refractivity contribution in [2.24, 2.45) is 5.92 Å². The third-order valence-corrected chi connectivity index (χ3v) is 5.55. The Balaban J connectivity index is 1.45. The van der Waals surface area contributed by atoms with Crippen LogP contribution in [0.25, 0.3) is 10.2 Å². The van der Waals surface area contributed by atoms with Gasteiger partial charge >= 0.3 is 11.9 Å². The van der Waals surface area contributed by atoms with Crippen molar-refractivity contribution >= 4 is 38.6 Å². The molecule has 0 unspecified atom stereocenters. The molecule has 24 heavy (non-hydrogen) atoms. The van der Waals surface area contributed by atoms with E-state index < -0.39 is 12.1 Å². The highest BCUT2D eigenvalue weighted by atomic mass is 32.1. The van der Waals surface area contributed by atoms with Crippen LogP contribution in [0.3, 0.4) is 0 Å². The van der Waals surface area contributed by atoms with Gasteiger partial charge in [-0.05, 0) is 25.0 Å². The highest BCUT2D eigenvalue weighted by molar-refractivity contribution is 7.22. The van der Waals surface area contributed by atoms with Gasteiger partial charge < -0.3 is 14.4 Å². The van der Waals surface area contributed by atoms with Gasteiger partial charge in [-0.2, -0.15) is 0 Å². The molecular formula is C17H18N2O4S. The summed E-state index contributed by atoms with van der Waals surface area (Å²) in [5.41, 5.74) is 0.982. The maximum absolute atomic E-state index is 12.4. The zero-order valence-electron chi connectivity index (χ0n) is 13.1. The van der Waals surface area contributed by atoms with Gasteiger partial charge in [-0.1, -0.05) is 23.5 Å². The van der Waals surface area contributed by atoms with E-state index in [0.29, 0.717) is 19.6 Å². The van der Waals surface area contributed by atoms with Crippen LogP contribution in [0, 0.1) is 5.92 Å². The monoisotopic (exact) mass is 346 g/mol. The van der Waals surface area contributed by atoms with E-state index >= 15 is 0 Å². The Morgan fingerprint density at radius 1 is 1.33 bits per heavy atom. The second-order valence-corrected chi connectivity index (χ2v) is 7.14. The minimum absolute atomic E-state index is 0.223. The van der Waals surface area contributed by atoms with E-state index in [9.17, 15) is 9.59 Å². The molecule has 2 aliphatic rings. The van der Waals surface area contributed by atoms with Crippen LogP contribution >= 0.6 is 11.3 Å². The van der Waals surface area contributed by atoms with Crippen LogP contribution in [-0.4, -0.2) is 42.7 Å². The van der Waals surface area contributed by atoms with Gasteiger partial charge in [0.1, 0.15) is 0 Å². The second-order valence-electron chi connectivity index (χ2n) is 6.13. The largest absolute Gasteiger partial charge is 0.463 e. The standard InChI is InChI=1S/C17H18N2O4S/c20-15(23-13-7-9-22-16(13)21)11-4-3-8-19(10-11)17-18-12-5-1-2-6-14(12)24-17/h1-2,5-6,11,13H,3-4,7-10H2/t11-,13-/m0/s1. The minimum atomic E-state index is -0.727. The number of aromatic nitrogens is 1. The predicted octanol–water partition coefficient (Wildman–Crippen LogP) is 2.37. The fourth-order valence-corrected chi connectivity index (χ4v) is 4.16. The number of hydrogen-bond acceptors (Lipinski definition) is 7. The van der Waals surface area contributed by atoms with Crippen molar-refractivity contribution in [2.75, 3.05) is 24.6 Å². The lowest BCUT2D eigenvalue weighted by molar-refractivity contribution is -0.163. The molecule has 0 N–H and O–H groups in total. The fraction of sp³-hybridized carbons (Fsp3) is 0.471. The molecule has 0 saturated carbocycles. The van der Waals surface area contributed by atoms with E-state index in [-0.39, 0.29) is 11.9 Å². The Labute approximate surface area is 143 Å².